The van der Waals surface area contributed by atoms with E-state index >= 15 is 4.39 Å². The highest BCUT2D eigenvalue weighted by Gasteiger charge is 2.38. The fraction of sp³-hybridized carbons (Fsp3) is 0.513. The summed E-state index contributed by atoms with van der Waals surface area (Å²) in [5.41, 5.74) is 0.682. The Labute approximate surface area is 315 Å². The number of hydrogen-bond donors (Lipinski definition) is 2. The van der Waals surface area contributed by atoms with E-state index in [0.717, 1.165) is 89.1 Å². The molecule has 0 spiro atoms. The highest BCUT2D eigenvalue weighted by atomic mass is 19.1. The van der Waals surface area contributed by atoms with Gasteiger partial charge in [0.05, 0.1) is 24.4 Å². The van der Waals surface area contributed by atoms with Crippen molar-refractivity contribution < 1.29 is 18.6 Å². The minimum atomic E-state index is -0.636. The van der Waals surface area contributed by atoms with Gasteiger partial charge in [-0.05, 0) is 63.6 Å². The SMILES string of the molecule is O=c1ccn(-c2cnc3cc(N4CCC(N5CC(N6CCC(COc7cc(F)c8c(=O)[nH]c(COC9CCOCC9)nc8c7)CC6)C5)CC4)ccn23)c(=O)[nH]1. The molecule has 9 rings (SSSR count). The van der Waals surface area contributed by atoms with Crippen molar-refractivity contribution in [3.63, 3.8) is 0 Å². The molecule has 5 aromatic rings. The lowest BCUT2D eigenvalue weighted by Gasteiger charge is -2.52. The zero-order chi connectivity index (χ0) is 37.5. The number of benzene rings is 1. The summed E-state index contributed by atoms with van der Waals surface area (Å²) in [4.78, 5) is 58.2. The molecular formula is C39H46FN9O6. The number of aromatic nitrogens is 6. The molecule has 0 aliphatic carbocycles. The first-order valence-corrected chi connectivity index (χ1v) is 19.4. The van der Waals surface area contributed by atoms with Crippen molar-refractivity contribution in [2.45, 2.75) is 63.3 Å². The van der Waals surface area contributed by atoms with Crippen LogP contribution in [0.15, 0.2) is 63.3 Å². The van der Waals surface area contributed by atoms with Gasteiger partial charge in [0.1, 0.15) is 40.8 Å². The van der Waals surface area contributed by atoms with Crippen molar-refractivity contribution in [3.05, 3.63) is 91.8 Å². The second kappa shape index (κ2) is 15.3. The largest absolute Gasteiger partial charge is 0.493 e. The molecule has 2 N–H and O–H groups in total. The molecule has 15 nitrogen and oxygen atoms in total. The van der Waals surface area contributed by atoms with Gasteiger partial charge in [-0.1, -0.05) is 0 Å². The normalized spacial score (nSPS) is 20.1. The Morgan fingerprint density at radius 2 is 1.67 bits per heavy atom. The molecule has 4 aliphatic rings. The summed E-state index contributed by atoms with van der Waals surface area (Å²) in [6, 6.07) is 9.54. The third-order valence-electron chi connectivity index (χ3n) is 11.8. The van der Waals surface area contributed by atoms with E-state index in [1.165, 1.54) is 22.9 Å². The topological polar surface area (TPSA) is 155 Å². The van der Waals surface area contributed by atoms with Crippen LogP contribution < -0.4 is 26.4 Å². The number of H-pyrrole nitrogens is 2. The summed E-state index contributed by atoms with van der Waals surface area (Å²) in [6.07, 6.45) is 11.0. The van der Waals surface area contributed by atoms with Gasteiger partial charge in [0, 0.05) is 93.8 Å². The van der Waals surface area contributed by atoms with Crippen LogP contribution in [-0.2, 0) is 16.1 Å². The first kappa shape index (κ1) is 35.8. The van der Waals surface area contributed by atoms with E-state index < -0.39 is 22.6 Å². The first-order valence-electron chi connectivity index (χ1n) is 19.4. The lowest BCUT2D eigenvalue weighted by molar-refractivity contribution is -0.0408. The zero-order valence-corrected chi connectivity index (χ0v) is 30.7. The number of fused-ring (bicyclic) bond motifs is 2. The number of nitrogens with zero attached hydrogens (tertiary/aromatic N) is 7. The van der Waals surface area contributed by atoms with E-state index in [1.54, 1.807) is 12.3 Å². The number of anilines is 1. The van der Waals surface area contributed by atoms with E-state index in [2.05, 4.69) is 46.8 Å². The van der Waals surface area contributed by atoms with E-state index in [4.69, 9.17) is 14.2 Å². The van der Waals surface area contributed by atoms with Gasteiger partial charge in [-0.3, -0.25) is 33.3 Å². The number of hydrogen-bond acceptors (Lipinski definition) is 11. The fourth-order valence-electron chi connectivity index (χ4n) is 8.57. The quantitative estimate of drug-likeness (QED) is 0.216. The number of piperidine rings is 2. The van der Waals surface area contributed by atoms with Crippen molar-refractivity contribution >= 4 is 22.2 Å². The summed E-state index contributed by atoms with van der Waals surface area (Å²) in [5.74, 6) is 1.08. The molecule has 0 radical (unpaired) electrons. The fourth-order valence-corrected chi connectivity index (χ4v) is 8.57. The number of aromatic amines is 2. The Hall–Kier alpha value is -4.90. The molecular weight excluding hydrogens is 709 g/mol. The summed E-state index contributed by atoms with van der Waals surface area (Å²) >= 11 is 0. The summed E-state index contributed by atoms with van der Waals surface area (Å²) < 4.78 is 35.7. The highest BCUT2D eigenvalue weighted by Crippen LogP contribution is 2.30. The van der Waals surface area contributed by atoms with Crippen molar-refractivity contribution in [3.8, 4) is 11.6 Å². The van der Waals surface area contributed by atoms with Gasteiger partial charge < -0.3 is 24.1 Å². The van der Waals surface area contributed by atoms with Gasteiger partial charge in [0.2, 0.25) is 0 Å². The lowest BCUT2D eigenvalue weighted by Crippen LogP contribution is -2.64. The number of ether oxygens (including phenoxy) is 3. The summed E-state index contributed by atoms with van der Waals surface area (Å²) in [5, 5.41) is -0.0665. The van der Waals surface area contributed by atoms with Crippen LogP contribution in [0.1, 0.15) is 44.3 Å². The minimum absolute atomic E-state index is 0.0572. The molecule has 4 saturated heterocycles. The molecule has 16 heteroatoms. The maximum Gasteiger partial charge on any atom is 0.334 e. The molecule has 4 aliphatic heterocycles. The zero-order valence-electron chi connectivity index (χ0n) is 30.7. The average Bonchev–Trinajstić information content (AvgIpc) is 3.60. The highest BCUT2D eigenvalue weighted by molar-refractivity contribution is 5.79. The van der Waals surface area contributed by atoms with Crippen molar-refractivity contribution in [2.75, 3.05) is 64.0 Å². The predicted molar refractivity (Wildman–Crippen MR) is 203 cm³/mol. The third-order valence-corrected chi connectivity index (χ3v) is 11.8. The number of halogens is 1. The van der Waals surface area contributed by atoms with E-state index in [9.17, 15) is 14.4 Å². The molecule has 55 heavy (non-hydrogen) atoms. The molecule has 0 amide bonds. The Morgan fingerprint density at radius 1 is 0.873 bits per heavy atom. The van der Waals surface area contributed by atoms with E-state index in [0.29, 0.717) is 55.2 Å². The Balaban J connectivity index is 0.722. The third kappa shape index (κ3) is 7.55. The Kier molecular flexibility index (Phi) is 9.97. The number of pyridine rings is 1. The van der Waals surface area contributed by atoms with Crippen LogP contribution in [0.25, 0.3) is 22.4 Å². The number of rotatable bonds is 10. The predicted octanol–water partition coefficient (Wildman–Crippen LogP) is 2.69. The number of nitrogens with one attached hydrogen (secondary N) is 2. The second-order valence-electron chi connectivity index (χ2n) is 15.3. The average molecular weight is 756 g/mol. The number of imidazole rings is 1. The standard InChI is InChI=1S/C39H46FN9O6/c40-31-18-30(19-32-37(31)38(51)43-33(42-32)24-55-29-7-15-53-16-8-29)54-23-25-1-9-46(10-2-25)28-21-47(22-28)26-3-11-45(12-4-26)27-5-13-48-34(17-27)41-20-36(48)49-14-6-35(50)44-39(49)52/h5-6,13-14,17-20,25-26,28-29H,1-4,7-12,15-16,21-24H2,(H,42,43,51)(H,44,50,52). The van der Waals surface area contributed by atoms with Crippen LogP contribution in [0.5, 0.6) is 5.75 Å². The van der Waals surface area contributed by atoms with Crippen LogP contribution >= 0.6 is 0 Å². The van der Waals surface area contributed by atoms with Crippen LogP contribution in [0.4, 0.5) is 10.1 Å². The van der Waals surface area contributed by atoms with Gasteiger partial charge in [0.25, 0.3) is 11.1 Å². The van der Waals surface area contributed by atoms with Gasteiger partial charge in [-0.2, -0.15) is 0 Å². The smallest absolute Gasteiger partial charge is 0.334 e. The molecule has 8 heterocycles. The number of likely N-dealkylation sites (tertiary alicyclic amines) is 2. The van der Waals surface area contributed by atoms with E-state index in [1.807, 2.05) is 10.6 Å². The van der Waals surface area contributed by atoms with Crippen LogP contribution in [0.2, 0.25) is 0 Å². The van der Waals surface area contributed by atoms with Crippen molar-refractivity contribution in [2.24, 2.45) is 5.92 Å². The molecule has 290 valence electrons. The van der Waals surface area contributed by atoms with Crippen LogP contribution in [0.3, 0.4) is 0 Å². The summed E-state index contributed by atoms with van der Waals surface area (Å²) in [7, 11) is 0. The first-order chi connectivity index (χ1) is 26.8. The minimum Gasteiger partial charge on any atom is -0.493 e. The molecule has 0 atom stereocenters. The maximum atomic E-state index is 15.0. The molecule has 0 unspecified atom stereocenters. The molecule has 4 aromatic heterocycles. The Bertz CT molecular complexity index is 2330. The van der Waals surface area contributed by atoms with E-state index in [-0.39, 0.29) is 23.6 Å². The second-order valence-corrected chi connectivity index (χ2v) is 15.3. The van der Waals surface area contributed by atoms with Crippen molar-refractivity contribution in [1.82, 2.24) is 38.7 Å². The van der Waals surface area contributed by atoms with Crippen molar-refractivity contribution in [1.29, 1.82) is 0 Å². The lowest BCUT2D eigenvalue weighted by atomic mass is 9.92. The molecule has 1 aromatic carbocycles. The summed E-state index contributed by atoms with van der Waals surface area (Å²) in [6.45, 7) is 8.17. The molecule has 0 saturated carbocycles. The Morgan fingerprint density at radius 3 is 2.45 bits per heavy atom. The van der Waals surface area contributed by atoms with Gasteiger partial charge >= 0.3 is 5.69 Å². The molecule has 0 bridgehead atoms. The molecule has 4 fully saturated rings. The van der Waals surface area contributed by atoms with Gasteiger partial charge in [-0.15, -0.1) is 0 Å². The van der Waals surface area contributed by atoms with Crippen LogP contribution in [-0.4, -0.2) is 116 Å². The van der Waals surface area contributed by atoms with Gasteiger partial charge in [0.15, 0.2) is 0 Å². The maximum absolute atomic E-state index is 15.0. The monoisotopic (exact) mass is 755 g/mol. The van der Waals surface area contributed by atoms with Gasteiger partial charge in [-0.25, -0.2) is 19.2 Å². The van der Waals surface area contributed by atoms with Crippen LogP contribution in [0, 0.1) is 11.7 Å².